The summed E-state index contributed by atoms with van der Waals surface area (Å²) in [6.07, 6.45) is 0. The molecule has 0 aromatic heterocycles. The Morgan fingerprint density at radius 1 is 0.786 bits per heavy atom. The summed E-state index contributed by atoms with van der Waals surface area (Å²) in [4.78, 5) is 0.325. The smallest absolute Gasteiger partial charge is 0.206 e. The predicted molar refractivity (Wildman–Crippen MR) is 113 cm³/mol. The van der Waals surface area contributed by atoms with Crippen molar-refractivity contribution in [2.45, 2.75) is 35.7 Å². The van der Waals surface area contributed by atoms with Crippen molar-refractivity contribution in [2.24, 2.45) is 0 Å². The lowest BCUT2D eigenvalue weighted by atomic mass is 10.3. The van der Waals surface area contributed by atoms with Crippen LogP contribution in [0.5, 0.6) is 11.5 Å². The summed E-state index contributed by atoms with van der Waals surface area (Å²) in [6, 6.07) is 22.1. The number of sulfone groups is 1. The standard InChI is InChI=1S/C22H23O4PS/c1-22(2,3)27(19-7-5-4-6-8-19)26-18-11-15-21(16-12-18)28(24,25)20-13-9-17(23)10-14-20/h4-16,23H,1-3H3. The van der Waals surface area contributed by atoms with E-state index in [2.05, 4.69) is 32.9 Å². The van der Waals surface area contributed by atoms with Gasteiger partial charge < -0.3 is 9.63 Å². The lowest BCUT2D eigenvalue weighted by Crippen LogP contribution is -2.22. The van der Waals surface area contributed by atoms with Crippen molar-refractivity contribution in [3.05, 3.63) is 78.9 Å². The van der Waals surface area contributed by atoms with Gasteiger partial charge in [0, 0.05) is 10.5 Å². The zero-order chi connectivity index (χ0) is 20.4. The van der Waals surface area contributed by atoms with Crippen LogP contribution in [0.15, 0.2) is 88.7 Å². The van der Waals surface area contributed by atoms with E-state index in [4.69, 9.17) is 4.52 Å². The fourth-order valence-corrected chi connectivity index (χ4v) is 5.88. The molecule has 1 N–H and O–H groups in total. The first-order valence-electron chi connectivity index (χ1n) is 8.85. The summed E-state index contributed by atoms with van der Waals surface area (Å²) in [5.41, 5.74) is 0. The number of phenolic OH excluding ortho intramolecular Hbond substituents is 1. The van der Waals surface area contributed by atoms with Gasteiger partial charge in [0.05, 0.1) is 9.79 Å². The van der Waals surface area contributed by atoms with E-state index in [0.29, 0.717) is 5.75 Å². The van der Waals surface area contributed by atoms with E-state index in [9.17, 15) is 13.5 Å². The Hall–Kier alpha value is -2.36. The Balaban J connectivity index is 1.86. The molecule has 0 saturated heterocycles. The van der Waals surface area contributed by atoms with Crippen LogP contribution in [0.2, 0.25) is 0 Å². The van der Waals surface area contributed by atoms with E-state index in [1.165, 1.54) is 24.3 Å². The largest absolute Gasteiger partial charge is 0.508 e. The van der Waals surface area contributed by atoms with Crippen LogP contribution in [0.25, 0.3) is 0 Å². The summed E-state index contributed by atoms with van der Waals surface area (Å²) in [5, 5.41) is 10.4. The molecule has 146 valence electrons. The third kappa shape index (κ3) is 4.54. The van der Waals surface area contributed by atoms with E-state index in [0.717, 1.165) is 5.30 Å². The lowest BCUT2D eigenvalue weighted by molar-refractivity contribution is 0.475. The third-order valence-corrected chi connectivity index (χ3v) is 8.24. The maximum absolute atomic E-state index is 12.7. The fraction of sp³-hybridized carbons (Fsp3) is 0.182. The molecule has 0 spiro atoms. The number of hydrogen-bond donors (Lipinski definition) is 1. The van der Waals surface area contributed by atoms with Crippen LogP contribution in [0.4, 0.5) is 0 Å². The minimum absolute atomic E-state index is 0.0270. The highest BCUT2D eigenvalue weighted by atomic mass is 32.2. The summed E-state index contributed by atoms with van der Waals surface area (Å²) in [5.74, 6) is 0.661. The molecule has 0 aliphatic carbocycles. The summed E-state index contributed by atoms with van der Waals surface area (Å²) < 4.78 is 31.8. The van der Waals surface area contributed by atoms with E-state index in [-0.39, 0.29) is 20.7 Å². The van der Waals surface area contributed by atoms with E-state index in [1.54, 1.807) is 24.3 Å². The molecule has 0 aliphatic rings. The number of rotatable bonds is 5. The van der Waals surface area contributed by atoms with Crippen molar-refractivity contribution in [3.63, 3.8) is 0 Å². The van der Waals surface area contributed by atoms with Crippen LogP contribution < -0.4 is 9.83 Å². The van der Waals surface area contributed by atoms with Gasteiger partial charge in [-0.05, 0) is 48.5 Å². The van der Waals surface area contributed by atoms with Gasteiger partial charge in [0.2, 0.25) is 9.84 Å². The highest BCUT2D eigenvalue weighted by molar-refractivity contribution is 7.91. The molecule has 3 aromatic rings. The van der Waals surface area contributed by atoms with Gasteiger partial charge in [-0.3, -0.25) is 0 Å². The zero-order valence-corrected chi connectivity index (χ0v) is 17.7. The first-order valence-corrected chi connectivity index (χ1v) is 11.6. The highest BCUT2D eigenvalue weighted by Crippen LogP contribution is 2.49. The molecule has 0 saturated carbocycles. The monoisotopic (exact) mass is 414 g/mol. The van der Waals surface area contributed by atoms with Gasteiger partial charge in [0.1, 0.15) is 19.6 Å². The van der Waals surface area contributed by atoms with Gasteiger partial charge in [-0.1, -0.05) is 51.1 Å². The second-order valence-corrected chi connectivity index (χ2v) is 11.9. The van der Waals surface area contributed by atoms with Gasteiger partial charge in [0.25, 0.3) is 0 Å². The topological polar surface area (TPSA) is 63.6 Å². The quantitative estimate of drug-likeness (QED) is 0.588. The maximum Gasteiger partial charge on any atom is 0.206 e. The Bertz CT molecular complexity index is 1020. The Morgan fingerprint density at radius 2 is 1.29 bits per heavy atom. The van der Waals surface area contributed by atoms with Crippen LogP contribution in [-0.2, 0) is 9.84 Å². The molecule has 0 fully saturated rings. The Morgan fingerprint density at radius 3 is 1.79 bits per heavy atom. The lowest BCUT2D eigenvalue weighted by Gasteiger charge is -2.30. The molecular weight excluding hydrogens is 391 g/mol. The Kier molecular flexibility index (Phi) is 5.78. The molecule has 4 nitrogen and oxygen atoms in total. The van der Waals surface area contributed by atoms with Crippen molar-refractivity contribution in [1.82, 2.24) is 0 Å². The molecule has 28 heavy (non-hydrogen) atoms. The number of aromatic hydroxyl groups is 1. The van der Waals surface area contributed by atoms with Gasteiger partial charge in [-0.2, -0.15) is 0 Å². The summed E-state index contributed by atoms with van der Waals surface area (Å²) in [6.45, 7) is 6.40. The second-order valence-electron chi connectivity index (χ2n) is 7.36. The molecule has 0 aliphatic heterocycles. The summed E-state index contributed by atoms with van der Waals surface area (Å²) in [7, 11) is -4.58. The first kappa shape index (κ1) is 20.4. The molecule has 0 bridgehead atoms. The van der Waals surface area contributed by atoms with Crippen LogP contribution in [-0.4, -0.2) is 18.7 Å². The van der Waals surface area contributed by atoms with Gasteiger partial charge in [-0.15, -0.1) is 0 Å². The number of hydrogen-bond acceptors (Lipinski definition) is 4. The van der Waals surface area contributed by atoms with E-state index >= 15 is 0 Å². The van der Waals surface area contributed by atoms with Crippen molar-refractivity contribution in [3.8, 4) is 11.5 Å². The highest BCUT2D eigenvalue weighted by Gasteiger charge is 2.29. The zero-order valence-electron chi connectivity index (χ0n) is 16.0. The molecule has 0 heterocycles. The minimum Gasteiger partial charge on any atom is -0.508 e. The third-order valence-electron chi connectivity index (χ3n) is 4.08. The fourth-order valence-electron chi connectivity index (χ4n) is 2.69. The Labute approximate surface area is 167 Å². The second kappa shape index (κ2) is 7.94. The molecule has 6 heteroatoms. The summed E-state index contributed by atoms with van der Waals surface area (Å²) >= 11 is 0. The average molecular weight is 414 g/mol. The van der Waals surface area contributed by atoms with Crippen LogP contribution in [0.1, 0.15) is 20.8 Å². The van der Waals surface area contributed by atoms with Gasteiger partial charge >= 0.3 is 0 Å². The maximum atomic E-state index is 12.7. The van der Waals surface area contributed by atoms with Gasteiger partial charge in [0.15, 0.2) is 0 Å². The van der Waals surface area contributed by atoms with Crippen LogP contribution in [0, 0.1) is 0 Å². The SMILES string of the molecule is CC(C)(C)P(Oc1ccc(S(=O)(=O)c2ccc(O)cc2)cc1)c1ccccc1. The van der Waals surface area contributed by atoms with Crippen LogP contribution in [0.3, 0.4) is 0 Å². The first-order chi connectivity index (χ1) is 13.2. The van der Waals surface area contributed by atoms with Crippen LogP contribution >= 0.6 is 8.15 Å². The van der Waals surface area contributed by atoms with Gasteiger partial charge in [-0.25, -0.2) is 8.42 Å². The number of phenols is 1. The molecule has 0 radical (unpaired) electrons. The van der Waals surface area contributed by atoms with E-state index < -0.39 is 18.0 Å². The molecule has 3 aromatic carbocycles. The molecular formula is C22H23O4PS. The average Bonchev–Trinajstić information content (AvgIpc) is 2.66. The normalized spacial score (nSPS) is 13.1. The molecule has 0 amide bonds. The molecule has 1 unspecified atom stereocenters. The van der Waals surface area contributed by atoms with Crippen molar-refractivity contribution in [2.75, 3.05) is 0 Å². The minimum atomic E-state index is -3.64. The molecule has 3 rings (SSSR count). The number of benzene rings is 3. The van der Waals surface area contributed by atoms with Crippen molar-refractivity contribution in [1.29, 1.82) is 0 Å². The molecule has 1 atom stereocenters. The van der Waals surface area contributed by atoms with Crippen molar-refractivity contribution >= 4 is 23.3 Å². The predicted octanol–water partition coefficient (Wildman–Crippen LogP) is 5.12. The van der Waals surface area contributed by atoms with Crippen molar-refractivity contribution < 1.29 is 18.0 Å². The van der Waals surface area contributed by atoms with E-state index in [1.807, 2.05) is 18.2 Å².